The molecule has 0 heterocycles. The van der Waals surface area contributed by atoms with E-state index in [9.17, 15) is 4.79 Å². The minimum atomic E-state index is -0.278. The smallest absolute Gasteiger partial charge is 0.319 e. The second-order valence-corrected chi connectivity index (χ2v) is 4.10. The lowest BCUT2D eigenvalue weighted by atomic mass is 10.2. The van der Waals surface area contributed by atoms with Crippen LogP contribution in [-0.4, -0.2) is 30.9 Å². The maximum Gasteiger partial charge on any atom is 0.319 e. The van der Waals surface area contributed by atoms with Gasteiger partial charge in [-0.2, -0.15) is 0 Å². The SMILES string of the molecule is COCc1ccccc1NC(=O)N[C@H](C)CCO. The summed E-state index contributed by atoms with van der Waals surface area (Å²) in [4.78, 5) is 11.7. The number of benzene rings is 1. The van der Waals surface area contributed by atoms with Crippen LogP contribution in [0.3, 0.4) is 0 Å². The summed E-state index contributed by atoms with van der Waals surface area (Å²) >= 11 is 0. The third-order valence-corrected chi connectivity index (χ3v) is 2.51. The zero-order valence-corrected chi connectivity index (χ0v) is 10.8. The third-order valence-electron chi connectivity index (χ3n) is 2.51. The van der Waals surface area contributed by atoms with Crippen molar-refractivity contribution in [2.24, 2.45) is 0 Å². The van der Waals surface area contributed by atoms with Gasteiger partial charge in [-0.05, 0) is 19.4 Å². The molecular formula is C13H20N2O3. The van der Waals surface area contributed by atoms with Gasteiger partial charge in [-0.3, -0.25) is 0 Å². The summed E-state index contributed by atoms with van der Waals surface area (Å²) in [6.45, 7) is 2.35. The molecule has 5 heteroatoms. The molecule has 0 bridgehead atoms. The molecule has 0 fully saturated rings. The van der Waals surface area contributed by atoms with Crippen molar-refractivity contribution in [1.29, 1.82) is 0 Å². The molecule has 18 heavy (non-hydrogen) atoms. The number of carbonyl (C=O) groups is 1. The number of para-hydroxylation sites is 1. The van der Waals surface area contributed by atoms with Crippen LogP contribution >= 0.6 is 0 Å². The standard InChI is InChI=1S/C13H20N2O3/c1-10(7-8-16)14-13(17)15-12-6-4-3-5-11(12)9-18-2/h3-6,10,16H,7-9H2,1-2H3,(H2,14,15,17)/t10-/m1/s1. The Morgan fingerprint density at radius 2 is 2.17 bits per heavy atom. The van der Waals surface area contributed by atoms with Gasteiger partial charge in [-0.1, -0.05) is 18.2 Å². The molecule has 0 saturated carbocycles. The molecule has 3 N–H and O–H groups in total. The summed E-state index contributed by atoms with van der Waals surface area (Å²) in [6, 6.07) is 7.13. The molecule has 0 aromatic heterocycles. The molecule has 0 unspecified atom stereocenters. The monoisotopic (exact) mass is 252 g/mol. The number of urea groups is 1. The largest absolute Gasteiger partial charge is 0.396 e. The predicted molar refractivity (Wildman–Crippen MR) is 70.5 cm³/mol. The highest BCUT2D eigenvalue weighted by atomic mass is 16.5. The summed E-state index contributed by atoms with van der Waals surface area (Å²) in [6.07, 6.45) is 0.535. The molecule has 2 amide bonds. The van der Waals surface area contributed by atoms with Crippen molar-refractivity contribution in [1.82, 2.24) is 5.32 Å². The Morgan fingerprint density at radius 3 is 2.83 bits per heavy atom. The Kier molecular flexibility index (Phi) is 6.18. The van der Waals surface area contributed by atoms with Crippen molar-refractivity contribution < 1.29 is 14.6 Å². The van der Waals surface area contributed by atoms with Gasteiger partial charge in [0.2, 0.25) is 0 Å². The first-order chi connectivity index (χ1) is 8.67. The highest BCUT2D eigenvalue weighted by Crippen LogP contribution is 2.15. The lowest BCUT2D eigenvalue weighted by molar-refractivity contribution is 0.185. The third kappa shape index (κ3) is 4.73. The minimum Gasteiger partial charge on any atom is -0.396 e. The second kappa shape index (κ2) is 7.68. The molecule has 1 rings (SSSR count). The Hall–Kier alpha value is -1.59. The number of carbonyl (C=O) groups excluding carboxylic acids is 1. The van der Waals surface area contributed by atoms with Crippen molar-refractivity contribution >= 4 is 11.7 Å². The number of nitrogens with one attached hydrogen (secondary N) is 2. The Bertz CT molecular complexity index is 382. The minimum absolute atomic E-state index is 0.0573. The summed E-state index contributed by atoms with van der Waals surface area (Å²) in [5.74, 6) is 0. The van der Waals surface area contributed by atoms with Crippen LogP contribution in [0.25, 0.3) is 0 Å². The first kappa shape index (κ1) is 14.5. The van der Waals surface area contributed by atoms with Gasteiger partial charge in [0.05, 0.1) is 6.61 Å². The molecule has 100 valence electrons. The molecular weight excluding hydrogens is 232 g/mol. The van der Waals surface area contributed by atoms with Gasteiger partial charge < -0.3 is 20.5 Å². The number of anilines is 1. The van der Waals surface area contributed by atoms with Crippen molar-refractivity contribution in [3.63, 3.8) is 0 Å². The van der Waals surface area contributed by atoms with Crippen LogP contribution in [0.4, 0.5) is 10.5 Å². The van der Waals surface area contributed by atoms with E-state index in [2.05, 4.69) is 10.6 Å². The Balaban J connectivity index is 2.58. The van der Waals surface area contributed by atoms with Gasteiger partial charge in [0.1, 0.15) is 0 Å². The lowest BCUT2D eigenvalue weighted by Crippen LogP contribution is -2.36. The number of hydrogen-bond donors (Lipinski definition) is 3. The van der Waals surface area contributed by atoms with Gasteiger partial charge in [0.15, 0.2) is 0 Å². The molecule has 0 radical (unpaired) electrons. The number of methoxy groups -OCH3 is 1. The van der Waals surface area contributed by atoms with E-state index in [-0.39, 0.29) is 18.7 Å². The molecule has 1 aromatic rings. The normalized spacial score (nSPS) is 11.9. The van der Waals surface area contributed by atoms with Crippen LogP contribution in [0.5, 0.6) is 0 Å². The fourth-order valence-corrected chi connectivity index (χ4v) is 1.57. The topological polar surface area (TPSA) is 70.6 Å². The highest BCUT2D eigenvalue weighted by Gasteiger charge is 2.08. The lowest BCUT2D eigenvalue weighted by Gasteiger charge is -2.15. The summed E-state index contributed by atoms with van der Waals surface area (Å²) in [5, 5.41) is 14.3. The van der Waals surface area contributed by atoms with Gasteiger partial charge >= 0.3 is 6.03 Å². The Labute approximate surface area is 107 Å². The fourth-order valence-electron chi connectivity index (χ4n) is 1.57. The number of rotatable bonds is 6. The number of aliphatic hydroxyl groups is 1. The highest BCUT2D eigenvalue weighted by molar-refractivity contribution is 5.90. The van der Waals surface area contributed by atoms with Crippen molar-refractivity contribution in [2.45, 2.75) is 26.0 Å². The van der Waals surface area contributed by atoms with Crippen LogP contribution in [0.15, 0.2) is 24.3 Å². The summed E-state index contributed by atoms with van der Waals surface area (Å²) < 4.78 is 5.07. The molecule has 0 aliphatic heterocycles. The number of ether oxygens (including phenoxy) is 1. The molecule has 0 aliphatic rings. The van der Waals surface area contributed by atoms with E-state index in [1.54, 1.807) is 7.11 Å². The Morgan fingerprint density at radius 1 is 1.44 bits per heavy atom. The van der Waals surface area contributed by atoms with E-state index in [1.165, 1.54) is 0 Å². The second-order valence-electron chi connectivity index (χ2n) is 4.10. The maximum absolute atomic E-state index is 11.7. The van der Waals surface area contributed by atoms with E-state index < -0.39 is 0 Å². The summed E-state index contributed by atoms with van der Waals surface area (Å²) in [5.41, 5.74) is 1.65. The van der Waals surface area contributed by atoms with E-state index in [4.69, 9.17) is 9.84 Å². The van der Waals surface area contributed by atoms with Gasteiger partial charge in [-0.15, -0.1) is 0 Å². The maximum atomic E-state index is 11.7. The fraction of sp³-hybridized carbons (Fsp3) is 0.462. The molecule has 1 atom stereocenters. The van der Waals surface area contributed by atoms with E-state index in [0.29, 0.717) is 13.0 Å². The van der Waals surface area contributed by atoms with Crippen LogP contribution in [0.1, 0.15) is 18.9 Å². The van der Waals surface area contributed by atoms with Gasteiger partial charge in [-0.25, -0.2) is 4.79 Å². The predicted octanol–water partition coefficient (Wildman–Crippen LogP) is 1.73. The molecule has 0 aliphatic carbocycles. The van der Waals surface area contributed by atoms with Gasteiger partial charge in [0.25, 0.3) is 0 Å². The van der Waals surface area contributed by atoms with E-state index >= 15 is 0 Å². The van der Waals surface area contributed by atoms with Crippen molar-refractivity contribution in [3.05, 3.63) is 29.8 Å². The van der Waals surface area contributed by atoms with Gasteiger partial charge in [0, 0.05) is 31.0 Å². The van der Waals surface area contributed by atoms with E-state index in [0.717, 1.165) is 11.3 Å². The van der Waals surface area contributed by atoms with Crippen LogP contribution in [0, 0.1) is 0 Å². The van der Waals surface area contributed by atoms with E-state index in [1.807, 2.05) is 31.2 Å². The zero-order valence-electron chi connectivity index (χ0n) is 10.8. The first-order valence-corrected chi connectivity index (χ1v) is 5.92. The van der Waals surface area contributed by atoms with Crippen LogP contribution in [-0.2, 0) is 11.3 Å². The molecule has 0 saturated heterocycles. The summed E-state index contributed by atoms with van der Waals surface area (Å²) in [7, 11) is 1.61. The number of amides is 2. The zero-order chi connectivity index (χ0) is 13.4. The quantitative estimate of drug-likeness (QED) is 0.722. The number of aliphatic hydroxyl groups excluding tert-OH is 1. The van der Waals surface area contributed by atoms with Crippen molar-refractivity contribution in [3.8, 4) is 0 Å². The average Bonchev–Trinajstić information content (AvgIpc) is 2.32. The molecule has 0 spiro atoms. The van der Waals surface area contributed by atoms with Crippen LogP contribution in [0.2, 0.25) is 0 Å². The molecule has 1 aromatic carbocycles. The van der Waals surface area contributed by atoms with Crippen LogP contribution < -0.4 is 10.6 Å². The van der Waals surface area contributed by atoms with Crippen molar-refractivity contribution in [2.75, 3.05) is 19.0 Å². The number of hydrogen-bond acceptors (Lipinski definition) is 3. The molecule has 5 nitrogen and oxygen atoms in total. The first-order valence-electron chi connectivity index (χ1n) is 5.92. The average molecular weight is 252 g/mol.